The molecule has 7 nitrogen and oxygen atoms in total. The number of amides is 2. The Balaban J connectivity index is 2.09. The molecular formula is C22H22F5N3O4. The third kappa shape index (κ3) is 4.29. The summed E-state index contributed by atoms with van der Waals surface area (Å²) in [4.78, 5) is 28.5. The van der Waals surface area contributed by atoms with E-state index < -0.39 is 58.9 Å². The maximum atomic E-state index is 14.4. The van der Waals surface area contributed by atoms with Crippen molar-refractivity contribution in [3.05, 3.63) is 52.9 Å². The highest BCUT2D eigenvalue weighted by Gasteiger charge is 2.65. The molecule has 4 atom stereocenters. The van der Waals surface area contributed by atoms with Crippen molar-refractivity contribution >= 4 is 17.5 Å². The van der Waals surface area contributed by atoms with E-state index in [9.17, 15) is 31.5 Å². The van der Waals surface area contributed by atoms with E-state index in [-0.39, 0.29) is 16.9 Å². The Morgan fingerprint density at radius 3 is 2.44 bits per heavy atom. The summed E-state index contributed by atoms with van der Waals surface area (Å²) in [5, 5.41) is 2.41. The van der Waals surface area contributed by atoms with Crippen LogP contribution in [-0.4, -0.2) is 41.8 Å². The molecule has 1 aromatic carbocycles. The van der Waals surface area contributed by atoms with Crippen molar-refractivity contribution in [2.45, 2.75) is 44.6 Å². The zero-order chi connectivity index (χ0) is 25.6. The zero-order valence-corrected chi connectivity index (χ0v) is 18.6. The van der Waals surface area contributed by atoms with Crippen LogP contribution in [0.1, 0.15) is 41.5 Å². The fraction of sp³-hybridized carbons (Fsp3) is 0.409. The minimum atomic E-state index is -4.89. The van der Waals surface area contributed by atoms with Crippen LogP contribution in [0.15, 0.2) is 24.3 Å². The largest absolute Gasteiger partial charge is 0.493 e. The van der Waals surface area contributed by atoms with Crippen LogP contribution in [0, 0.1) is 24.5 Å². The van der Waals surface area contributed by atoms with Gasteiger partial charge in [0.15, 0.2) is 17.2 Å². The second-order valence-corrected chi connectivity index (χ2v) is 8.18. The van der Waals surface area contributed by atoms with Gasteiger partial charge in [0.25, 0.3) is 11.8 Å². The molecule has 2 aromatic rings. The SMILES string of the molecule is COc1c([C@@H]2[C@@H](C(=O)Nc3cc(C)nc(C(N)=O)c3)O[C@@](C)(C(F)(F)F)[C@H]2C)ccc(F)c1F. The molecule has 184 valence electrons. The Labute approximate surface area is 191 Å². The minimum Gasteiger partial charge on any atom is -0.493 e. The average molecular weight is 487 g/mol. The van der Waals surface area contributed by atoms with Gasteiger partial charge in [-0.15, -0.1) is 0 Å². The summed E-state index contributed by atoms with van der Waals surface area (Å²) in [7, 11) is 1.03. The molecule has 0 unspecified atom stereocenters. The first-order valence-corrected chi connectivity index (χ1v) is 10.1. The van der Waals surface area contributed by atoms with Gasteiger partial charge in [-0.1, -0.05) is 13.0 Å². The molecule has 12 heteroatoms. The normalized spacial score (nSPS) is 24.7. The van der Waals surface area contributed by atoms with Crippen LogP contribution in [0.3, 0.4) is 0 Å². The fourth-order valence-electron chi connectivity index (χ4n) is 4.12. The molecule has 1 aliphatic heterocycles. The molecule has 3 N–H and O–H groups in total. The van der Waals surface area contributed by atoms with E-state index in [4.69, 9.17) is 15.2 Å². The van der Waals surface area contributed by atoms with Crippen molar-refractivity contribution in [3.63, 3.8) is 0 Å². The number of carbonyl (C=O) groups is 2. The van der Waals surface area contributed by atoms with Crippen LogP contribution < -0.4 is 15.8 Å². The van der Waals surface area contributed by atoms with Gasteiger partial charge in [-0.2, -0.15) is 17.6 Å². The highest BCUT2D eigenvalue weighted by atomic mass is 19.4. The molecule has 34 heavy (non-hydrogen) atoms. The van der Waals surface area contributed by atoms with Crippen LogP contribution in [0.5, 0.6) is 5.75 Å². The summed E-state index contributed by atoms with van der Waals surface area (Å²) in [6.45, 7) is 3.51. The van der Waals surface area contributed by atoms with Crippen molar-refractivity contribution in [2.75, 3.05) is 12.4 Å². The Morgan fingerprint density at radius 2 is 1.88 bits per heavy atom. The summed E-state index contributed by atoms with van der Waals surface area (Å²) < 4.78 is 80.3. The third-order valence-corrected chi connectivity index (χ3v) is 6.04. The number of aromatic nitrogens is 1. The van der Waals surface area contributed by atoms with Gasteiger partial charge in [0.05, 0.1) is 7.11 Å². The third-order valence-electron chi connectivity index (χ3n) is 6.04. The Kier molecular flexibility index (Phi) is 6.57. The summed E-state index contributed by atoms with van der Waals surface area (Å²) in [5.74, 6) is -7.93. The lowest BCUT2D eigenvalue weighted by atomic mass is 9.77. The maximum Gasteiger partial charge on any atom is 0.417 e. The van der Waals surface area contributed by atoms with Crippen molar-refractivity contribution < 1.29 is 41.0 Å². The van der Waals surface area contributed by atoms with E-state index in [2.05, 4.69) is 10.3 Å². The molecule has 0 radical (unpaired) electrons. The smallest absolute Gasteiger partial charge is 0.417 e. The highest BCUT2D eigenvalue weighted by Crippen LogP contribution is 2.55. The number of benzene rings is 1. The molecule has 0 spiro atoms. The van der Waals surface area contributed by atoms with Gasteiger partial charge in [-0.05, 0) is 32.0 Å². The summed E-state index contributed by atoms with van der Waals surface area (Å²) >= 11 is 0. The van der Waals surface area contributed by atoms with Crippen LogP contribution in [0.4, 0.5) is 27.6 Å². The molecule has 2 heterocycles. The van der Waals surface area contributed by atoms with E-state index >= 15 is 0 Å². The highest BCUT2D eigenvalue weighted by molar-refractivity contribution is 5.97. The number of aryl methyl sites for hydroxylation is 1. The molecule has 1 fully saturated rings. The first-order valence-electron chi connectivity index (χ1n) is 10.1. The first-order chi connectivity index (χ1) is 15.7. The van der Waals surface area contributed by atoms with Gasteiger partial charge >= 0.3 is 6.18 Å². The number of carbonyl (C=O) groups excluding carboxylic acids is 2. The number of primary amides is 1. The number of halogens is 5. The van der Waals surface area contributed by atoms with Crippen molar-refractivity contribution in [2.24, 2.45) is 11.7 Å². The van der Waals surface area contributed by atoms with E-state index in [0.29, 0.717) is 5.69 Å². The number of methoxy groups -OCH3 is 1. The summed E-state index contributed by atoms with van der Waals surface area (Å²) in [6, 6.07) is 4.33. The predicted molar refractivity (Wildman–Crippen MR) is 110 cm³/mol. The van der Waals surface area contributed by atoms with E-state index in [1.165, 1.54) is 19.9 Å². The molecule has 0 aliphatic carbocycles. The van der Waals surface area contributed by atoms with Gasteiger partial charge in [0, 0.05) is 28.8 Å². The van der Waals surface area contributed by atoms with Crippen molar-refractivity contribution in [3.8, 4) is 5.75 Å². The number of hydrogen-bond acceptors (Lipinski definition) is 5. The molecule has 1 aliphatic rings. The lowest BCUT2D eigenvalue weighted by molar-refractivity contribution is -0.272. The monoisotopic (exact) mass is 487 g/mol. The second kappa shape index (κ2) is 8.82. The number of anilines is 1. The van der Waals surface area contributed by atoms with E-state index in [1.807, 2.05) is 0 Å². The number of hydrogen-bond donors (Lipinski definition) is 2. The van der Waals surface area contributed by atoms with Gasteiger partial charge in [-0.25, -0.2) is 9.37 Å². The molecule has 0 saturated carbocycles. The first kappa shape index (κ1) is 25.3. The zero-order valence-electron chi connectivity index (χ0n) is 18.6. The van der Waals surface area contributed by atoms with Gasteiger partial charge < -0.3 is 20.5 Å². The number of ether oxygens (including phenoxy) is 2. The number of alkyl halides is 3. The Bertz CT molecular complexity index is 1140. The Morgan fingerprint density at radius 1 is 1.24 bits per heavy atom. The molecular weight excluding hydrogens is 465 g/mol. The average Bonchev–Trinajstić information content (AvgIpc) is 3.01. The number of nitrogens with zero attached hydrogens (tertiary/aromatic N) is 1. The maximum absolute atomic E-state index is 14.4. The van der Waals surface area contributed by atoms with Crippen LogP contribution in [0.25, 0.3) is 0 Å². The Hall–Kier alpha value is -3.28. The molecule has 1 aromatic heterocycles. The summed E-state index contributed by atoms with van der Waals surface area (Å²) in [5.41, 5.74) is 2.45. The number of nitrogens with one attached hydrogen (secondary N) is 1. The quantitative estimate of drug-likeness (QED) is 0.624. The summed E-state index contributed by atoms with van der Waals surface area (Å²) in [6.07, 6.45) is -6.66. The van der Waals surface area contributed by atoms with E-state index in [0.717, 1.165) is 32.2 Å². The second-order valence-electron chi connectivity index (χ2n) is 8.18. The lowest BCUT2D eigenvalue weighted by Crippen LogP contribution is -2.47. The van der Waals surface area contributed by atoms with Crippen LogP contribution in [0.2, 0.25) is 0 Å². The topological polar surface area (TPSA) is 104 Å². The van der Waals surface area contributed by atoms with Gasteiger partial charge in [-0.3, -0.25) is 9.59 Å². The fourth-order valence-corrected chi connectivity index (χ4v) is 4.12. The van der Waals surface area contributed by atoms with E-state index in [1.54, 1.807) is 0 Å². The minimum absolute atomic E-state index is 0.0409. The van der Waals surface area contributed by atoms with Crippen LogP contribution >= 0.6 is 0 Å². The molecule has 1 saturated heterocycles. The predicted octanol–water partition coefficient (Wildman–Crippen LogP) is 3.85. The van der Waals surface area contributed by atoms with Gasteiger partial charge in [0.1, 0.15) is 11.8 Å². The van der Waals surface area contributed by atoms with Crippen LogP contribution in [-0.2, 0) is 9.53 Å². The molecule has 0 bridgehead atoms. The van der Waals surface area contributed by atoms with Crippen molar-refractivity contribution in [1.82, 2.24) is 4.98 Å². The number of rotatable bonds is 5. The van der Waals surface area contributed by atoms with Crippen molar-refractivity contribution in [1.29, 1.82) is 0 Å². The molecule has 2 amide bonds. The van der Waals surface area contributed by atoms with Gasteiger partial charge in [0.2, 0.25) is 5.82 Å². The lowest BCUT2D eigenvalue weighted by Gasteiger charge is -2.32. The molecule has 3 rings (SSSR count). The number of pyridine rings is 1. The standard InChI is InChI=1S/C22H22F5N3O4/c1-9-7-11(8-14(29-9)19(28)31)30-20(32)18-15(10(2)21(3,34-18)22(25,26)27)12-5-6-13(23)16(24)17(12)33-4/h5-8,10,15,18H,1-4H3,(H2,28,31)(H,29,30,32)/t10-,15+,18-,21+/m0/s1. The number of nitrogens with two attached hydrogens (primary N) is 1.